The molecule has 4 heteroatoms. The van der Waals surface area contributed by atoms with E-state index in [2.05, 4.69) is 146 Å². The molecule has 0 saturated carbocycles. The molecule has 536 valence electrons. The molecule has 0 saturated heterocycles. The molecule has 2 aliphatic rings. The Bertz CT molecular complexity index is 3460. The van der Waals surface area contributed by atoms with Crippen molar-refractivity contribution in [3.63, 3.8) is 0 Å². The van der Waals surface area contributed by atoms with Crippen molar-refractivity contribution in [3.8, 4) is 67.1 Å². The topological polar surface area (TPSA) is 58.9 Å². The molecule has 2 atom stereocenters. The number of ether oxygens (including phenoxy) is 2. The van der Waals surface area contributed by atoms with Gasteiger partial charge in [-0.15, -0.1) is 0 Å². The molecule has 7 aromatic carbocycles. The van der Waals surface area contributed by atoms with Gasteiger partial charge in [0.05, 0.1) is 12.2 Å². The maximum atomic E-state index is 11.0. The van der Waals surface area contributed by atoms with Crippen molar-refractivity contribution in [2.45, 2.75) is 329 Å². The fraction of sp³-hybridized carbons (Fsp3) is 0.558. The normalized spacial score (nSPS) is 13.9. The van der Waals surface area contributed by atoms with Crippen molar-refractivity contribution in [2.75, 3.05) is 13.2 Å². The molecule has 2 N–H and O–H groups in total. The van der Waals surface area contributed by atoms with Crippen LogP contribution in [0.3, 0.4) is 0 Å². The summed E-state index contributed by atoms with van der Waals surface area (Å²) in [5, 5.41) is 21.7. The molecule has 99 heavy (non-hydrogen) atoms. The molecule has 0 aromatic heterocycles. The molecule has 0 fully saturated rings. The van der Waals surface area contributed by atoms with Gasteiger partial charge < -0.3 is 19.7 Å². The number of aliphatic hydroxyl groups is 2. The smallest absolute Gasteiger partial charge is 0.119 e. The van der Waals surface area contributed by atoms with Gasteiger partial charge in [-0.2, -0.15) is 0 Å². The van der Waals surface area contributed by atoms with Gasteiger partial charge in [-0.3, -0.25) is 0 Å². The Morgan fingerprint density at radius 1 is 0.283 bits per heavy atom. The lowest BCUT2D eigenvalue weighted by Gasteiger charge is -2.34. The number of aryl methyl sites for hydroxylation is 4. The van der Waals surface area contributed by atoms with E-state index in [9.17, 15) is 10.2 Å². The zero-order valence-electron chi connectivity index (χ0n) is 63.6. The van der Waals surface area contributed by atoms with Gasteiger partial charge in [0.25, 0.3) is 0 Å². The number of hydrogen-bond donors (Lipinski definition) is 2. The van der Waals surface area contributed by atoms with Crippen LogP contribution >= 0.6 is 0 Å². The second kappa shape index (κ2) is 40.6. The molecular formula is C95H132O4. The van der Waals surface area contributed by atoms with Crippen LogP contribution < -0.4 is 9.47 Å². The lowest BCUT2D eigenvalue weighted by molar-refractivity contribution is 0.0284. The minimum Gasteiger partial charge on any atom is -0.491 e. The van der Waals surface area contributed by atoms with Crippen LogP contribution in [0.4, 0.5) is 0 Å². The summed E-state index contributed by atoms with van der Waals surface area (Å²) in [7, 11) is 0. The summed E-state index contributed by atoms with van der Waals surface area (Å²) < 4.78 is 12.0. The molecule has 2 unspecified atom stereocenters. The van der Waals surface area contributed by atoms with Crippen LogP contribution in [0.25, 0.3) is 55.6 Å². The summed E-state index contributed by atoms with van der Waals surface area (Å²) in [5.74, 6) is 1.42. The monoisotopic (exact) mass is 1340 g/mol. The molecule has 9 rings (SSSR count). The number of benzene rings is 7. The standard InChI is InChI=1S/C95H132O4/c1-9-15-21-27-31-37-59-94(60-38-32-28-22-16-10-2)90-63-73(8)45-55-84(90)86-57-49-78(67-92(86)94)88-64-77(42-36-26-20-14-6)89(65-76(88)41-35-25-19-13-5)79-50-58-87-85-56-48-75(66-91(85)95(93(87)68-79,61-39-33-29-23-17-11-3)62-40-34-30-24-18-12-4)74-46-53-83(54-47-74)99-71-81(97)69-80(96)70-98-82-51-43-72(7)44-52-82/h43-58,63-68,80-81,96-97H,9-42,59-62,69-71H2,1-8H3. The maximum absolute atomic E-state index is 11.0. The lowest BCUT2D eigenvalue weighted by atomic mass is 9.69. The first-order valence-electron chi connectivity index (χ1n) is 41.0. The third kappa shape index (κ3) is 21.1. The number of unbranched alkanes of at least 4 members (excludes halogenated alkanes) is 26. The molecule has 0 bridgehead atoms. The van der Waals surface area contributed by atoms with Gasteiger partial charge in [0, 0.05) is 17.3 Å². The molecule has 0 aliphatic heterocycles. The SMILES string of the molecule is CCCCCCCCC1(CCCCCCCC)c2cc(C)ccc2-c2ccc(-c3cc(CCCCCC)c(-c4ccc5c(c4)C(CCCCCCCC)(CCCCCCCC)c4cc(-c6ccc(OCC(O)CC(O)COc7ccc(C)cc7)cc6)ccc4-5)cc3CCCCCC)cc21. The quantitative estimate of drug-likeness (QED) is 0.0373. The van der Waals surface area contributed by atoms with Crippen LogP contribution in [-0.2, 0) is 23.7 Å². The van der Waals surface area contributed by atoms with Crippen molar-refractivity contribution in [3.05, 3.63) is 178 Å². The van der Waals surface area contributed by atoms with Gasteiger partial charge in [0.2, 0.25) is 0 Å². The zero-order valence-corrected chi connectivity index (χ0v) is 63.6. The number of fused-ring (bicyclic) bond motifs is 6. The summed E-state index contributed by atoms with van der Waals surface area (Å²) in [6, 6.07) is 52.4. The van der Waals surface area contributed by atoms with Gasteiger partial charge in [0.15, 0.2) is 0 Å². The minimum atomic E-state index is -0.833. The number of rotatable bonds is 49. The summed E-state index contributed by atoms with van der Waals surface area (Å²) in [5.41, 5.74) is 25.9. The van der Waals surface area contributed by atoms with Crippen LogP contribution in [0.2, 0.25) is 0 Å². The third-order valence-electron chi connectivity index (χ3n) is 22.9. The zero-order chi connectivity index (χ0) is 69.7. The molecule has 4 nitrogen and oxygen atoms in total. The summed E-state index contributed by atoms with van der Waals surface area (Å²) >= 11 is 0. The Labute approximate surface area is 603 Å². The highest BCUT2D eigenvalue weighted by molar-refractivity contribution is 5.89. The largest absolute Gasteiger partial charge is 0.491 e. The summed E-state index contributed by atoms with van der Waals surface area (Å²) in [6.07, 6.45) is 46.9. The Morgan fingerprint density at radius 2 is 0.576 bits per heavy atom. The average molecular weight is 1340 g/mol. The minimum absolute atomic E-state index is 0.0314. The number of hydrogen-bond acceptors (Lipinski definition) is 4. The first kappa shape index (κ1) is 77.2. The van der Waals surface area contributed by atoms with Crippen LogP contribution in [0.15, 0.2) is 133 Å². The second-order valence-corrected chi connectivity index (χ2v) is 30.9. The van der Waals surface area contributed by atoms with Crippen molar-refractivity contribution in [1.82, 2.24) is 0 Å². The van der Waals surface area contributed by atoms with Crippen LogP contribution in [0.1, 0.15) is 324 Å². The summed E-state index contributed by atoms with van der Waals surface area (Å²) in [6.45, 7) is 18.7. The predicted octanol–water partition coefficient (Wildman–Crippen LogP) is 27.7. The van der Waals surface area contributed by atoms with Gasteiger partial charge in [-0.25, -0.2) is 0 Å². The first-order chi connectivity index (χ1) is 48.5. The Balaban J connectivity index is 1.11. The fourth-order valence-corrected chi connectivity index (χ4v) is 17.1. The highest BCUT2D eigenvalue weighted by atomic mass is 16.5. The molecule has 0 amide bonds. The van der Waals surface area contributed by atoms with Gasteiger partial charge in [-0.1, -0.05) is 336 Å². The van der Waals surface area contributed by atoms with E-state index in [-0.39, 0.29) is 30.5 Å². The van der Waals surface area contributed by atoms with E-state index in [1.165, 1.54) is 296 Å². The lowest BCUT2D eigenvalue weighted by Crippen LogP contribution is -2.27. The van der Waals surface area contributed by atoms with E-state index in [0.717, 1.165) is 31.2 Å². The Hall–Kier alpha value is -5.94. The predicted molar refractivity (Wildman–Crippen MR) is 426 cm³/mol. The maximum Gasteiger partial charge on any atom is 0.119 e. The fourth-order valence-electron chi connectivity index (χ4n) is 17.1. The van der Waals surface area contributed by atoms with E-state index in [4.69, 9.17) is 9.47 Å². The molecule has 2 aliphatic carbocycles. The van der Waals surface area contributed by atoms with Crippen LogP contribution in [0, 0.1) is 13.8 Å². The Kier molecular flexibility index (Phi) is 31.7. The molecule has 0 heterocycles. The van der Waals surface area contributed by atoms with Gasteiger partial charge >= 0.3 is 0 Å². The summed E-state index contributed by atoms with van der Waals surface area (Å²) in [4.78, 5) is 0. The number of aliphatic hydroxyl groups excluding tert-OH is 2. The highest BCUT2D eigenvalue weighted by Gasteiger charge is 2.44. The molecule has 0 spiro atoms. The van der Waals surface area contributed by atoms with Crippen molar-refractivity contribution in [1.29, 1.82) is 0 Å². The van der Waals surface area contributed by atoms with E-state index < -0.39 is 12.2 Å². The van der Waals surface area contributed by atoms with Crippen molar-refractivity contribution in [2.24, 2.45) is 0 Å². The average Bonchev–Trinajstić information content (AvgIpc) is 1.58. The van der Waals surface area contributed by atoms with Gasteiger partial charge in [0.1, 0.15) is 24.7 Å². The van der Waals surface area contributed by atoms with E-state index in [1.807, 2.05) is 43.3 Å². The second-order valence-electron chi connectivity index (χ2n) is 30.9. The van der Waals surface area contributed by atoms with Gasteiger partial charge in [-0.05, 0) is 197 Å². The van der Waals surface area contributed by atoms with Crippen LogP contribution in [-0.4, -0.2) is 35.6 Å². The van der Waals surface area contributed by atoms with E-state index >= 15 is 0 Å². The Morgan fingerprint density at radius 3 is 0.960 bits per heavy atom. The van der Waals surface area contributed by atoms with E-state index in [1.54, 1.807) is 16.7 Å². The van der Waals surface area contributed by atoms with E-state index in [0.29, 0.717) is 11.5 Å². The highest BCUT2D eigenvalue weighted by Crippen LogP contribution is 2.58. The molecule has 0 radical (unpaired) electrons. The van der Waals surface area contributed by atoms with Crippen molar-refractivity contribution < 1.29 is 19.7 Å². The molecule has 7 aromatic rings. The van der Waals surface area contributed by atoms with Crippen molar-refractivity contribution >= 4 is 0 Å². The molecular weight excluding hydrogens is 1210 g/mol. The first-order valence-corrected chi connectivity index (χ1v) is 41.0. The third-order valence-corrected chi connectivity index (χ3v) is 22.9. The van der Waals surface area contributed by atoms with Crippen LogP contribution in [0.5, 0.6) is 11.5 Å².